The molecule has 2 aromatic heterocycles. The lowest BCUT2D eigenvalue weighted by Gasteiger charge is -2.12. The number of carbonyl (C=O) groups excluding carboxylic acids is 1. The summed E-state index contributed by atoms with van der Waals surface area (Å²) >= 11 is 3.27. The Kier molecular flexibility index (Phi) is 3.68. The van der Waals surface area contributed by atoms with E-state index in [2.05, 4.69) is 4.98 Å². The molecule has 1 aliphatic carbocycles. The van der Waals surface area contributed by atoms with Crippen LogP contribution in [0, 0.1) is 0 Å². The van der Waals surface area contributed by atoms with Gasteiger partial charge in [0, 0.05) is 10.3 Å². The highest BCUT2D eigenvalue weighted by Crippen LogP contribution is 2.31. The summed E-state index contributed by atoms with van der Waals surface area (Å²) in [5.74, 6) is -0.210. The van der Waals surface area contributed by atoms with E-state index < -0.39 is 0 Å². The van der Waals surface area contributed by atoms with Gasteiger partial charge in [-0.2, -0.15) is 0 Å². The molecular weight excluding hydrogens is 314 g/mol. The van der Waals surface area contributed by atoms with Crippen molar-refractivity contribution >= 4 is 38.9 Å². The number of aryl methyl sites for hydroxylation is 1. The number of hydrogen-bond acceptors (Lipinski definition) is 5. The molecule has 1 aliphatic rings. The number of ether oxygens (including phenoxy) is 1. The zero-order valence-corrected chi connectivity index (χ0v) is 13.6. The molecule has 0 fully saturated rings. The molecule has 0 atom stereocenters. The second-order valence-electron chi connectivity index (χ2n) is 5.41. The van der Waals surface area contributed by atoms with Crippen LogP contribution in [-0.4, -0.2) is 11.0 Å². The van der Waals surface area contributed by atoms with Gasteiger partial charge in [0.2, 0.25) is 0 Å². The summed E-state index contributed by atoms with van der Waals surface area (Å²) in [4.78, 5) is 18.2. The smallest absolute Gasteiger partial charge is 0.339 e. The van der Waals surface area contributed by atoms with E-state index in [1.54, 1.807) is 22.7 Å². The average molecular weight is 329 g/mol. The van der Waals surface area contributed by atoms with Crippen LogP contribution in [0.25, 0.3) is 10.2 Å². The third-order valence-corrected chi connectivity index (χ3v) is 6.04. The van der Waals surface area contributed by atoms with Crippen molar-refractivity contribution in [3.63, 3.8) is 0 Å². The zero-order chi connectivity index (χ0) is 14.9. The van der Waals surface area contributed by atoms with Crippen LogP contribution in [0.3, 0.4) is 0 Å². The Morgan fingerprint density at radius 3 is 3.00 bits per heavy atom. The lowest BCUT2D eigenvalue weighted by Crippen LogP contribution is -2.09. The first-order valence-corrected chi connectivity index (χ1v) is 9.12. The molecule has 0 spiro atoms. The Labute approximate surface area is 136 Å². The fourth-order valence-electron chi connectivity index (χ4n) is 2.85. The van der Waals surface area contributed by atoms with Crippen LogP contribution in [-0.2, 0) is 24.2 Å². The lowest BCUT2D eigenvalue weighted by molar-refractivity contribution is 0.0471. The minimum absolute atomic E-state index is 0.210. The fourth-order valence-corrected chi connectivity index (χ4v) is 4.85. The van der Waals surface area contributed by atoms with Crippen LogP contribution >= 0.6 is 22.7 Å². The van der Waals surface area contributed by atoms with Crippen LogP contribution < -0.4 is 0 Å². The van der Waals surface area contributed by atoms with Crippen molar-refractivity contribution in [3.05, 3.63) is 50.7 Å². The molecule has 2 heterocycles. The molecule has 5 heteroatoms. The molecule has 0 unspecified atom stereocenters. The van der Waals surface area contributed by atoms with E-state index in [0.29, 0.717) is 0 Å². The Hall–Kier alpha value is -1.72. The summed E-state index contributed by atoms with van der Waals surface area (Å²) in [6.07, 6.45) is 4.51. The number of para-hydroxylation sites is 1. The molecule has 3 nitrogen and oxygen atoms in total. The number of thiazole rings is 1. The monoisotopic (exact) mass is 329 g/mol. The molecule has 0 saturated heterocycles. The summed E-state index contributed by atoms with van der Waals surface area (Å²) in [5.41, 5.74) is 2.94. The topological polar surface area (TPSA) is 39.2 Å². The van der Waals surface area contributed by atoms with Crippen molar-refractivity contribution in [2.75, 3.05) is 0 Å². The minimum atomic E-state index is -0.210. The number of rotatable bonds is 3. The number of carbonyl (C=O) groups is 1. The van der Waals surface area contributed by atoms with Gasteiger partial charge in [-0.3, -0.25) is 0 Å². The molecule has 1 aromatic carbocycles. The van der Waals surface area contributed by atoms with Gasteiger partial charge in [-0.15, -0.1) is 22.7 Å². The highest BCUT2D eigenvalue weighted by Gasteiger charge is 2.21. The zero-order valence-electron chi connectivity index (χ0n) is 12.0. The van der Waals surface area contributed by atoms with E-state index in [4.69, 9.17) is 4.74 Å². The van der Waals surface area contributed by atoms with E-state index in [-0.39, 0.29) is 12.6 Å². The Bertz CT molecular complexity index is 801. The highest BCUT2D eigenvalue weighted by molar-refractivity contribution is 7.18. The standard InChI is InChI=1S/C17H15NO2S2/c19-17(12-10-21-14-7-3-1-5-11(12)14)20-9-16-18-13-6-2-4-8-15(13)22-16/h2,4,6,8,10H,1,3,5,7,9H2. The van der Waals surface area contributed by atoms with Crippen LogP contribution in [0.2, 0.25) is 0 Å². The molecule has 0 saturated carbocycles. The second kappa shape index (κ2) is 5.82. The molecule has 0 amide bonds. The van der Waals surface area contributed by atoms with E-state index in [1.807, 2.05) is 29.6 Å². The van der Waals surface area contributed by atoms with Crippen molar-refractivity contribution in [3.8, 4) is 0 Å². The number of aromatic nitrogens is 1. The fraction of sp³-hybridized carbons (Fsp3) is 0.294. The van der Waals surface area contributed by atoms with Gasteiger partial charge < -0.3 is 4.74 Å². The summed E-state index contributed by atoms with van der Waals surface area (Å²) in [5, 5.41) is 2.80. The van der Waals surface area contributed by atoms with Crippen LogP contribution in [0.15, 0.2) is 29.6 Å². The van der Waals surface area contributed by atoms with E-state index >= 15 is 0 Å². The summed E-state index contributed by atoms with van der Waals surface area (Å²) < 4.78 is 6.61. The molecule has 112 valence electrons. The van der Waals surface area contributed by atoms with Gasteiger partial charge in [0.25, 0.3) is 0 Å². The predicted molar refractivity (Wildman–Crippen MR) is 89.7 cm³/mol. The molecule has 3 aromatic rings. The first-order chi connectivity index (χ1) is 10.8. The SMILES string of the molecule is O=C(OCc1nc2ccccc2s1)c1csc2c1CCCC2. The summed E-state index contributed by atoms with van der Waals surface area (Å²) in [6, 6.07) is 7.98. The first kappa shape index (κ1) is 13.9. The van der Waals surface area contributed by atoms with Gasteiger partial charge >= 0.3 is 5.97 Å². The van der Waals surface area contributed by atoms with Crippen molar-refractivity contribution in [2.45, 2.75) is 32.3 Å². The van der Waals surface area contributed by atoms with Crippen molar-refractivity contribution < 1.29 is 9.53 Å². The second-order valence-corrected chi connectivity index (χ2v) is 7.49. The third kappa shape index (κ3) is 2.55. The number of esters is 1. The molecule has 0 aliphatic heterocycles. The van der Waals surface area contributed by atoms with Crippen LogP contribution in [0.4, 0.5) is 0 Å². The van der Waals surface area contributed by atoms with Gasteiger partial charge in [0.05, 0.1) is 15.8 Å². The van der Waals surface area contributed by atoms with E-state index in [9.17, 15) is 4.79 Å². The van der Waals surface area contributed by atoms with Gasteiger partial charge in [0.1, 0.15) is 11.6 Å². The lowest BCUT2D eigenvalue weighted by atomic mass is 9.96. The maximum Gasteiger partial charge on any atom is 0.339 e. The summed E-state index contributed by atoms with van der Waals surface area (Å²) in [6.45, 7) is 0.253. The van der Waals surface area contributed by atoms with Gasteiger partial charge in [0.15, 0.2) is 0 Å². The largest absolute Gasteiger partial charge is 0.455 e. The molecule has 0 radical (unpaired) electrons. The number of nitrogens with zero attached hydrogens (tertiary/aromatic N) is 1. The first-order valence-electron chi connectivity index (χ1n) is 7.42. The van der Waals surface area contributed by atoms with Crippen molar-refractivity contribution in [1.82, 2.24) is 4.98 Å². The Morgan fingerprint density at radius 1 is 1.23 bits per heavy atom. The Morgan fingerprint density at radius 2 is 2.09 bits per heavy atom. The van der Waals surface area contributed by atoms with Gasteiger partial charge in [-0.05, 0) is 43.4 Å². The normalized spacial score (nSPS) is 14.0. The number of hydrogen-bond donors (Lipinski definition) is 0. The molecular formula is C17H15NO2S2. The van der Waals surface area contributed by atoms with E-state index in [1.165, 1.54) is 23.3 Å². The highest BCUT2D eigenvalue weighted by atomic mass is 32.1. The Balaban J connectivity index is 1.49. The van der Waals surface area contributed by atoms with Gasteiger partial charge in [-0.1, -0.05) is 12.1 Å². The maximum atomic E-state index is 12.3. The molecule has 0 bridgehead atoms. The summed E-state index contributed by atoms with van der Waals surface area (Å²) in [7, 11) is 0. The van der Waals surface area contributed by atoms with Crippen LogP contribution in [0.5, 0.6) is 0 Å². The number of benzene rings is 1. The maximum absolute atomic E-state index is 12.3. The van der Waals surface area contributed by atoms with Gasteiger partial charge in [-0.25, -0.2) is 9.78 Å². The van der Waals surface area contributed by atoms with E-state index in [0.717, 1.165) is 33.6 Å². The van der Waals surface area contributed by atoms with Crippen molar-refractivity contribution in [1.29, 1.82) is 0 Å². The van der Waals surface area contributed by atoms with Crippen LogP contribution in [0.1, 0.15) is 38.6 Å². The number of thiophene rings is 1. The van der Waals surface area contributed by atoms with Crippen molar-refractivity contribution in [2.24, 2.45) is 0 Å². The molecule has 0 N–H and O–H groups in total. The molecule has 22 heavy (non-hydrogen) atoms. The minimum Gasteiger partial charge on any atom is -0.455 e. The quantitative estimate of drug-likeness (QED) is 0.660. The number of fused-ring (bicyclic) bond motifs is 2. The third-order valence-electron chi connectivity index (χ3n) is 3.95. The average Bonchev–Trinajstić information content (AvgIpc) is 3.16. The molecule has 4 rings (SSSR count). The predicted octanol–water partition coefficient (Wildman–Crippen LogP) is 4.59.